The molecule has 0 aliphatic carbocycles. The van der Waals surface area contributed by atoms with Crippen LogP contribution in [0.4, 0.5) is 11.4 Å². The summed E-state index contributed by atoms with van der Waals surface area (Å²) in [7, 11) is 0. The highest BCUT2D eigenvalue weighted by Crippen LogP contribution is 2.32. The summed E-state index contributed by atoms with van der Waals surface area (Å²) >= 11 is 0. The summed E-state index contributed by atoms with van der Waals surface area (Å²) in [4.78, 5) is 16.0. The van der Waals surface area contributed by atoms with E-state index in [2.05, 4.69) is 9.80 Å². The molecule has 2 aliphatic rings. The number of hydrogen-bond acceptors (Lipinski definition) is 4. The molecule has 0 saturated carbocycles. The van der Waals surface area contributed by atoms with Crippen molar-refractivity contribution in [1.82, 2.24) is 4.90 Å². The third kappa shape index (κ3) is 2.33. The molecule has 1 unspecified atom stereocenters. The van der Waals surface area contributed by atoms with Crippen LogP contribution in [0.25, 0.3) is 0 Å². The van der Waals surface area contributed by atoms with Crippen molar-refractivity contribution in [1.29, 1.82) is 0 Å². The van der Waals surface area contributed by atoms with Gasteiger partial charge < -0.3 is 15.7 Å². The predicted octanol–water partition coefficient (Wildman–Crippen LogP) is 1.64. The van der Waals surface area contributed by atoms with Crippen molar-refractivity contribution in [2.24, 2.45) is 0 Å². The fourth-order valence-electron chi connectivity index (χ4n) is 3.44. The fourth-order valence-corrected chi connectivity index (χ4v) is 3.44. The van der Waals surface area contributed by atoms with Crippen LogP contribution in [0.5, 0.6) is 0 Å². The van der Waals surface area contributed by atoms with Crippen LogP contribution in [-0.4, -0.2) is 48.2 Å². The van der Waals surface area contributed by atoms with Gasteiger partial charge in [0.05, 0.1) is 16.9 Å². The molecule has 2 aliphatic heterocycles. The summed E-state index contributed by atoms with van der Waals surface area (Å²) < 4.78 is 0. The molecule has 1 aromatic rings. The number of anilines is 2. The number of rotatable bonds is 3. The van der Waals surface area contributed by atoms with Gasteiger partial charge in [-0.3, -0.25) is 4.90 Å². The fraction of sp³-hybridized carbons (Fsp3) is 0.533. The van der Waals surface area contributed by atoms with E-state index >= 15 is 0 Å². The minimum absolute atomic E-state index is 0.312. The van der Waals surface area contributed by atoms with Gasteiger partial charge in [0, 0.05) is 19.1 Å². The lowest BCUT2D eigenvalue weighted by Crippen LogP contribution is -2.35. The summed E-state index contributed by atoms with van der Waals surface area (Å²) in [6.07, 6.45) is 3.65. The second-order valence-electron chi connectivity index (χ2n) is 5.68. The van der Waals surface area contributed by atoms with Crippen molar-refractivity contribution in [3.63, 3.8) is 0 Å². The number of nitrogens with two attached hydrogens (primary N) is 1. The average molecular weight is 275 g/mol. The van der Waals surface area contributed by atoms with Crippen LogP contribution in [0.1, 0.15) is 29.6 Å². The summed E-state index contributed by atoms with van der Waals surface area (Å²) in [5.41, 5.74) is 7.59. The number of benzene rings is 1. The van der Waals surface area contributed by atoms with Crippen molar-refractivity contribution in [2.45, 2.75) is 25.3 Å². The molecule has 5 heteroatoms. The first-order valence-electron chi connectivity index (χ1n) is 7.27. The molecule has 0 amide bonds. The number of aromatic carboxylic acids is 1. The topological polar surface area (TPSA) is 69.8 Å². The zero-order valence-electron chi connectivity index (χ0n) is 11.6. The van der Waals surface area contributed by atoms with Gasteiger partial charge in [-0.25, -0.2) is 4.79 Å². The van der Waals surface area contributed by atoms with E-state index in [9.17, 15) is 9.90 Å². The molecule has 1 aromatic carbocycles. The summed E-state index contributed by atoms with van der Waals surface area (Å²) in [5.74, 6) is -0.906. The van der Waals surface area contributed by atoms with Gasteiger partial charge in [-0.1, -0.05) is 6.07 Å². The van der Waals surface area contributed by atoms with E-state index in [1.807, 2.05) is 0 Å². The monoisotopic (exact) mass is 275 g/mol. The number of nitrogens with zero attached hydrogens (tertiary/aromatic N) is 2. The number of carboxylic acid groups (broad SMARTS) is 1. The minimum Gasteiger partial charge on any atom is -0.478 e. The summed E-state index contributed by atoms with van der Waals surface area (Å²) in [6, 6.07) is 5.66. The van der Waals surface area contributed by atoms with Crippen LogP contribution < -0.4 is 10.6 Å². The lowest BCUT2D eigenvalue weighted by Gasteiger charge is -2.26. The highest BCUT2D eigenvalue weighted by molar-refractivity contribution is 5.98. The van der Waals surface area contributed by atoms with Crippen molar-refractivity contribution >= 4 is 17.3 Å². The van der Waals surface area contributed by atoms with Gasteiger partial charge in [0.25, 0.3) is 0 Å². The standard InChI is InChI=1S/C15H21N3O2/c16-13-5-3-4-12(15(19)20)14(13)18-9-6-11(10-18)17-7-1-2-8-17/h3-5,11H,1-2,6-10,16H2,(H,19,20). The molecule has 0 radical (unpaired) electrons. The molecule has 2 fully saturated rings. The first-order chi connectivity index (χ1) is 9.66. The smallest absolute Gasteiger partial charge is 0.337 e. The molecule has 3 N–H and O–H groups in total. The summed E-state index contributed by atoms with van der Waals surface area (Å²) in [5, 5.41) is 9.34. The Morgan fingerprint density at radius 3 is 2.70 bits per heavy atom. The van der Waals surface area contributed by atoms with Gasteiger partial charge in [-0.2, -0.15) is 0 Å². The van der Waals surface area contributed by atoms with Crippen LogP contribution in [0.15, 0.2) is 18.2 Å². The highest BCUT2D eigenvalue weighted by atomic mass is 16.4. The van der Waals surface area contributed by atoms with Gasteiger partial charge in [-0.05, 0) is 44.5 Å². The normalized spacial score (nSPS) is 23.4. The number of hydrogen-bond donors (Lipinski definition) is 2. The number of para-hydroxylation sites is 1. The second-order valence-corrected chi connectivity index (χ2v) is 5.68. The first-order valence-corrected chi connectivity index (χ1v) is 7.27. The average Bonchev–Trinajstić information content (AvgIpc) is 3.09. The van der Waals surface area contributed by atoms with E-state index in [0.717, 1.165) is 19.5 Å². The second kappa shape index (κ2) is 5.32. The van der Waals surface area contributed by atoms with Gasteiger partial charge in [-0.15, -0.1) is 0 Å². The highest BCUT2D eigenvalue weighted by Gasteiger charge is 2.31. The number of carboxylic acids is 1. The Morgan fingerprint density at radius 1 is 1.25 bits per heavy atom. The molecule has 1 atom stereocenters. The van der Waals surface area contributed by atoms with Gasteiger partial charge in [0.1, 0.15) is 0 Å². The van der Waals surface area contributed by atoms with Gasteiger partial charge >= 0.3 is 5.97 Å². The molecule has 20 heavy (non-hydrogen) atoms. The van der Waals surface area contributed by atoms with E-state index in [4.69, 9.17) is 5.73 Å². The van der Waals surface area contributed by atoms with Crippen LogP contribution in [-0.2, 0) is 0 Å². The Labute approximate surface area is 119 Å². The SMILES string of the molecule is Nc1cccc(C(=O)O)c1N1CCC(N2CCCC2)C1. The van der Waals surface area contributed by atoms with Crippen LogP contribution in [0, 0.1) is 0 Å². The Kier molecular flexibility index (Phi) is 3.53. The first kappa shape index (κ1) is 13.2. The largest absolute Gasteiger partial charge is 0.478 e. The maximum absolute atomic E-state index is 11.4. The quantitative estimate of drug-likeness (QED) is 0.821. The van der Waals surface area contributed by atoms with Gasteiger partial charge in [0.15, 0.2) is 0 Å². The summed E-state index contributed by atoms with van der Waals surface area (Å²) in [6.45, 7) is 4.12. The molecular formula is C15H21N3O2. The van der Waals surface area contributed by atoms with E-state index in [-0.39, 0.29) is 0 Å². The van der Waals surface area contributed by atoms with E-state index < -0.39 is 5.97 Å². The predicted molar refractivity (Wildman–Crippen MR) is 79.2 cm³/mol. The maximum atomic E-state index is 11.4. The molecular weight excluding hydrogens is 254 g/mol. The zero-order chi connectivity index (χ0) is 14.1. The van der Waals surface area contributed by atoms with Crippen LogP contribution >= 0.6 is 0 Å². The third-order valence-electron chi connectivity index (χ3n) is 4.43. The third-order valence-corrected chi connectivity index (χ3v) is 4.43. The van der Waals surface area contributed by atoms with Crippen LogP contribution in [0.2, 0.25) is 0 Å². The molecule has 0 aromatic heterocycles. The Hall–Kier alpha value is -1.75. The maximum Gasteiger partial charge on any atom is 0.337 e. The lowest BCUT2D eigenvalue weighted by atomic mass is 10.1. The van der Waals surface area contributed by atoms with E-state index in [1.165, 1.54) is 25.9 Å². The molecule has 2 saturated heterocycles. The number of carbonyl (C=O) groups is 1. The molecule has 2 heterocycles. The molecule has 108 valence electrons. The molecule has 3 rings (SSSR count). The number of likely N-dealkylation sites (tertiary alicyclic amines) is 1. The Balaban J connectivity index is 1.82. The van der Waals surface area contributed by atoms with Crippen molar-refractivity contribution in [3.05, 3.63) is 23.8 Å². The zero-order valence-corrected chi connectivity index (χ0v) is 11.6. The van der Waals surface area contributed by atoms with Crippen molar-refractivity contribution < 1.29 is 9.90 Å². The Morgan fingerprint density at radius 2 is 2.00 bits per heavy atom. The minimum atomic E-state index is -0.906. The van der Waals surface area contributed by atoms with Crippen molar-refractivity contribution in [2.75, 3.05) is 36.8 Å². The molecule has 0 spiro atoms. The van der Waals surface area contributed by atoms with E-state index in [0.29, 0.717) is 23.0 Å². The number of nitrogen functional groups attached to an aromatic ring is 1. The van der Waals surface area contributed by atoms with E-state index in [1.54, 1.807) is 18.2 Å². The molecule has 0 bridgehead atoms. The Bertz CT molecular complexity index is 512. The molecule has 5 nitrogen and oxygen atoms in total. The lowest BCUT2D eigenvalue weighted by molar-refractivity contribution is 0.0697. The van der Waals surface area contributed by atoms with Crippen LogP contribution in [0.3, 0.4) is 0 Å². The van der Waals surface area contributed by atoms with Gasteiger partial charge in [0.2, 0.25) is 0 Å². The van der Waals surface area contributed by atoms with Crippen molar-refractivity contribution in [3.8, 4) is 0 Å².